The van der Waals surface area contributed by atoms with Gasteiger partial charge in [-0.3, -0.25) is 4.79 Å². The van der Waals surface area contributed by atoms with Gasteiger partial charge in [0.2, 0.25) is 5.91 Å². The molecule has 6 nitrogen and oxygen atoms in total. The van der Waals surface area contributed by atoms with E-state index in [9.17, 15) is 22.4 Å². The Balaban J connectivity index is 1.80. The van der Waals surface area contributed by atoms with Gasteiger partial charge in [-0.15, -0.1) is 0 Å². The number of aromatic nitrogens is 3. The lowest BCUT2D eigenvalue weighted by atomic mass is 10.1. The zero-order valence-electron chi connectivity index (χ0n) is 14.8. The SMILES string of the molecule is CC[C@@H](Nc1ccnc(-c2c[nH]c3ccc(F)cc23)n1)C(=O)NCC(F)(F)F. The lowest BCUT2D eigenvalue weighted by Crippen LogP contribution is -2.43. The van der Waals surface area contributed by atoms with Crippen molar-refractivity contribution in [1.29, 1.82) is 0 Å². The maximum Gasteiger partial charge on any atom is 0.405 e. The average molecular weight is 395 g/mol. The second-order valence-corrected chi connectivity index (χ2v) is 6.10. The Morgan fingerprint density at radius 3 is 2.79 bits per heavy atom. The van der Waals surface area contributed by atoms with Crippen LogP contribution in [-0.2, 0) is 4.79 Å². The fraction of sp³-hybridized carbons (Fsp3) is 0.278. The minimum atomic E-state index is -4.49. The van der Waals surface area contributed by atoms with Crippen molar-refractivity contribution in [2.75, 3.05) is 11.9 Å². The smallest absolute Gasteiger partial charge is 0.360 e. The molecule has 3 N–H and O–H groups in total. The highest BCUT2D eigenvalue weighted by Crippen LogP contribution is 2.27. The maximum atomic E-state index is 13.6. The molecule has 10 heteroatoms. The first kappa shape index (κ1) is 19.6. The number of hydrogen-bond donors (Lipinski definition) is 3. The summed E-state index contributed by atoms with van der Waals surface area (Å²) in [6.45, 7) is 0.259. The molecule has 2 aromatic heterocycles. The number of halogens is 4. The Kier molecular flexibility index (Phi) is 5.48. The molecule has 1 atom stereocenters. The highest BCUT2D eigenvalue weighted by Gasteiger charge is 2.29. The summed E-state index contributed by atoms with van der Waals surface area (Å²) < 4.78 is 50.4. The van der Waals surface area contributed by atoms with Crippen molar-refractivity contribution >= 4 is 22.6 Å². The van der Waals surface area contributed by atoms with Crippen molar-refractivity contribution < 1.29 is 22.4 Å². The lowest BCUT2D eigenvalue weighted by molar-refractivity contribution is -0.138. The van der Waals surface area contributed by atoms with Crippen molar-refractivity contribution in [3.63, 3.8) is 0 Å². The van der Waals surface area contributed by atoms with Crippen LogP contribution in [0.4, 0.5) is 23.4 Å². The largest absolute Gasteiger partial charge is 0.405 e. The molecule has 3 rings (SSSR count). The molecule has 0 aliphatic rings. The minimum absolute atomic E-state index is 0.251. The second kappa shape index (κ2) is 7.83. The Hall–Kier alpha value is -3.17. The number of fused-ring (bicyclic) bond motifs is 1. The number of carbonyl (C=O) groups excluding carboxylic acids is 1. The van der Waals surface area contributed by atoms with E-state index in [0.29, 0.717) is 16.5 Å². The van der Waals surface area contributed by atoms with Gasteiger partial charge in [0.05, 0.1) is 0 Å². The molecule has 28 heavy (non-hydrogen) atoms. The summed E-state index contributed by atoms with van der Waals surface area (Å²) in [5.41, 5.74) is 1.27. The van der Waals surface area contributed by atoms with Gasteiger partial charge in [-0.1, -0.05) is 6.92 Å². The molecule has 1 aromatic carbocycles. The fourth-order valence-electron chi connectivity index (χ4n) is 2.69. The third-order valence-corrected chi connectivity index (χ3v) is 4.05. The van der Waals surface area contributed by atoms with Crippen LogP contribution in [0.25, 0.3) is 22.3 Å². The first-order valence-electron chi connectivity index (χ1n) is 8.48. The first-order valence-corrected chi connectivity index (χ1v) is 8.48. The van der Waals surface area contributed by atoms with Gasteiger partial charge in [0.25, 0.3) is 0 Å². The summed E-state index contributed by atoms with van der Waals surface area (Å²) in [5, 5.41) is 5.25. The maximum absolute atomic E-state index is 13.6. The van der Waals surface area contributed by atoms with Crippen LogP contribution in [0.15, 0.2) is 36.7 Å². The molecule has 0 radical (unpaired) electrons. The molecule has 0 aliphatic heterocycles. The van der Waals surface area contributed by atoms with E-state index in [0.717, 1.165) is 0 Å². The molecule has 0 unspecified atom stereocenters. The number of nitrogens with one attached hydrogen (secondary N) is 3. The molecule has 3 aromatic rings. The van der Waals surface area contributed by atoms with E-state index in [1.165, 1.54) is 24.4 Å². The van der Waals surface area contributed by atoms with Crippen LogP contribution >= 0.6 is 0 Å². The summed E-state index contributed by atoms with van der Waals surface area (Å²) >= 11 is 0. The highest BCUT2D eigenvalue weighted by molar-refractivity contribution is 5.94. The van der Waals surface area contributed by atoms with Gasteiger partial charge in [0.15, 0.2) is 5.82 Å². The molecule has 0 bridgehead atoms. The van der Waals surface area contributed by atoms with E-state index in [-0.39, 0.29) is 18.1 Å². The van der Waals surface area contributed by atoms with Crippen molar-refractivity contribution in [2.24, 2.45) is 0 Å². The summed E-state index contributed by atoms with van der Waals surface area (Å²) in [6, 6.07) is 4.87. The third-order valence-electron chi connectivity index (χ3n) is 4.05. The van der Waals surface area contributed by atoms with Gasteiger partial charge in [-0.25, -0.2) is 14.4 Å². The van der Waals surface area contributed by atoms with Crippen molar-refractivity contribution in [3.05, 3.63) is 42.5 Å². The number of H-pyrrole nitrogens is 1. The average Bonchev–Trinajstić information content (AvgIpc) is 3.07. The number of anilines is 1. The van der Waals surface area contributed by atoms with Gasteiger partial charge >= 0.3 is 6.18 Å². The van der Waals surface area contributed by atoms with Crippen LogP contribution < -0.4 is 10.6 Å². The van der Waals surface area contributed by atoms with Crippen LogP contribution in [0.5, 0.6) is 0 Å². The molecule has 0 aliphatic carbocycles. The lowest BCUT2D eigenvalue weighted by Gasteiger charge is -2.18. The van der Waals surface area contributed by atoms with Crippen molar-refractivity contribution in [3.8, 4) is 11.4 Å². The Labute approximate surface area is 157 Å². The zero-order valence-corrected chi connectivity index (χ0v) is 14.8. The molecule has 0 spiro atoms. The summed E-state index contributed by atoms with van der Waals surface area (Å²) in [4.78, 5) is 23.5. The number of aromatic amines is 1. The van der Waals surface area contributed by atoms with Crippen LogP contribution in [0, 0.1) is 5.82 Å². The van der Waals surface area contributed by atoms with E-state index < -0.39 is 30.5 Å². The number of nitrogens with zero attached hydrogens (tertiary/aromatic N) is 2. The van der Waals surface area contributed by atoms with Crippen molar-refractivity contribution in [1.82, 2.24) is 20.3 Å². The number of amides is 1. The van der Waals surface area contributed by atoms with E-state index in [4.69, 9.17) is 0 Å². The number of hydrogen-bond acceptors (Lipinski definition) is 4. The number of alkyl halides is 3. The van der Waals surface area contributed by atoms with Gasteiger partial charge in [0, 0.05) is 28.9 Å². The first-order chi connectivity index (χ1) is 13.3. The predicted molar refractivity (Wildman–Crippen MR) is 96.0 cm³/mol. The summed E-state index contributed by atoms with van der Waals surface area (Å²) in [5.74, 6) is -0.638. The molecule has 1 amide bonds. The van der Waals surface area contributed by atoms with Gasteiger partial charge in [-0.05, 0) is 30.7 Å². The molecule has 0 saturated carbocycles. The van der Waals surface area contributed by atoms with E-state index in [1.807, 2.05) is 5.32 Å². The number of benzene rings is 1. The van der Waals surface area contributed by atoms with E-state index in [2.05, 4.69) is 20.3 Å². The molecule has 2 heterocycles. The normalized spacial score (nSPS) is 12.8. The Morgan fingerprint density at radius 2 is 2.07 bits per heavy atom. The molecule has 0 fully saturated rings. The monoisotopic (exact) mass is 395 g/mol. The highest BCUT2D eigenvalue weighted by atomic mass is 19.4. The summed E-state index contributed by atoms with van der Waals surface area (Å²) in [6.07, 6.45) is -1.15. The topological polar surface area (TPSA) is 82.7 Å². The van der Waals surface area contributed by atoms with Crippen molar-refractivity contribution in [2.45, 2.75) is 25.6 Å². The van der Waals surface area contributed by atoms with Gasteiger partial charge in [0.1, 0.15) is 24.2 Å². The minimum Gasteiger partial charge on any atom is -0.360 e. The Morgan fingerprint density at radius 1 is 1.29 bits per heavy atom. The third kappa shape index (κ3) is 4.56. The molecular formula is C18H17F4N5O. The number of carbonyl (C=O) groups is 1. The Bertz CT molecular complexity index is 986. The van der Waals surface area contributed by atoms with Gasteiger partial charge in [-0.2, -0.15) is 13.2 Å². The van der Waals surface area contributed by atoms with E-state index in [1.54, 1.807) is 19.2 Å². The molecule has 0 saturated heterocycles. The molecular weight excluding hydrogens is 378 g/mol. The van der Waals surface area contributed by atoms with Crippen LogP contribution in [0.1, 0.15) is 13.3 Å². The van der Waals surface area contributed by atoms with Crippen LogP contribution in [-0.4, -0.2) is 39.6 Å². The molecule has 148 valence electrons. The quantitative estimate of drug-likeness (QED) is 0.557. The zero-order chi connectivity index (χ0) is 20.3. The fourth-order valence-corrected chi connectivity index (χ4v) is 2.69. The standard InChI is InChI=1S/C18H17F4N5O/c1-2-13(17(28)25-9-18(20,21)22)26-15-5-6-23-16(27-15)12-8-24-14-4-3-10(19)7-11(12)14/h3-8,13,24H,2,9H2,1H3,(H,25,28)(H,23,26,27)/t13-/m1/s1. The van der Waals surface area contributed by atoms with Gasteiger partial charge < -0.3 is 15.6 Å². The second-order valence-electron chi connectivity index (χ2n) is 6.10. The summed E-state index contributed by atoms with van der Waals surface area (Å²) in [7, 11) is 0. The van der Waals surface area contributed by atoms with Crippen LogP contribution in [0.2, 0.25) is 0 Å². The number of rotatable bonds is 6. The predicted octanol–water partition coefficient (Wildman–Crippen LogP) is 3.63. The van der Waals surface area contributed by atoms with Crippen LogP contribution in [0.3, 0.4) is 0 Å². The van der Waals surface area contributed by atoms with E-state index >= 15 is 0 Å².